The van der Waals surface area contributed by atoms with Gasteiger partial charge >= 0.3 is 5.97 Å². The molecular weight excluding hydrogens is 338 g/mol. The third-order valence-corrected chi connectivity index (χ3v) is 3.71. The number of carbonyl (C=O) groups is 2. The van der Waals surface area contributed by atoms with Crippen molar-refractivity contribution in [3.8, 4) is 11.6 Å². The monoisotopic (exact) mass is 355 g/mol. The van der Waals surface area contributed by atoms with Crippen molar-refractivity contribution < 1.29 is 28.2 Å². The van der Waals surface area contributed by atoms with Crippen LogP contribution < -0.4 is 9.47 Å². The van der Waals surface area contributed by atoms with Crippen molar-refractivity contribution in [2.45, 2.75) is 13.5 Å². The molecule has 0 saturated carbocycles. The molecule has 7 heteroatoms. The Morgan fingerprint density at radius 2 is 2.15 bits per heavy atom. The number of nitrogens with zero attached hydrogens (tertiary/aromatic N) is 1. The Bertz CT molecular complexity index is 946. The maximum absolute atomic E-state index is 12.2. The van der Waals surface area contributed by atoms with Gasteiger partial charge in [0.25, 0.3) is 0 Å². The Morgan fingerprint density at radius 3 is 2.88 bits per heavy atom. The molecule has 0 saturated heterocycles. The maximum atomic E-state index is 12.2. The first-order valence-corrected chi connectivity index (χ1v) is 7.97. The number of rotatable bonds is 7. The van der Waals surface area contributed by atoms with Crippen molar-refractivity contribution in [3.05, 3.63) is 53.4 Å². The van der Waals surface area contributed by atoms with Gasteiger partial charge in [0.1, 0.15) is 23.5 Å². The molecule has 0 aliphatic heterocycles. The minimum atomic E-state index is -0.612. The number of pyridine rings is 1. The average Bonchev–Trinajstić information content (AvgIpc) is 3.04. The van der Waals surface area contributed by atoms with E-state index < -0.39 is 5.97 Å². The molecule has 7 nitrogen and oxygen atoms in total. The number of fused-ring (bicyclic) bond motifs is 1. The van der Waals surface area contributed by atoms with Gasteiger partial charge in [-0.05, 0) is 37.3 Å². The van der Waals surface area contributed by atoms with Crippen LogP contribution in [-0.2, 0) is 11.3 Å². The van der Waals surface area contributed by atoms with Crippen LogP contribution >= 0.6 is 0 Å². The maximum Gasteiger partial charge on any atom is 0.342 e. The molecule has 3 aromatic rings. The number of benzene rings is 1. The molecule has 26 heavy (non-hydrogen) atoms. The highest BCUT2D eigenvalue weighted by Crippen LogP contribution is 2.30. The smallest absolute Gasteiger partial charge is 0.342 e. The number of aldehydes is 1. The van der Waals surface area contributed by atoms with Gasteiger partial charge in [0.15, 0.2) is 12.0 Å². The second-order valence-electron chi connectivity index (χ2n) is 5.30. The van der Waals surface area contributed by atoms with Gasteiger partial charge in [0.05, 0.1) is 19.3 Å². The van der Waals surface area contributed by atoms with E-state index in [0.717, 1.165) is 5.56 Å². The first-order valence-electron chi connectivity index (χ1n) is 7.97. The van der Waals surface area contributed by atoms with Crippen molar-refractivity contribution in [1.29, 1.82) is 0 Å². The van der Waals surface area contributed by atoms with E-state index in [1.54, 1.807) is 37.4 Å². The standard InChI is InChI=1S/C19H17NO6/c1-3-24-19(22)17-14-9-13(6-7-15(14)26-16(17)10-21)25-11-12-5-4-8-20-18(12)23-2/h4-10H,3,11H2,1-2H3. The van der Waals surface area contributed by atoms with Gasteiger partial charge in [0, 0.05) is 11.6 Å². The lowest BCUT2D eigenvalue weighted by Gasteiger charge is -2.09. The molecule has 0 radical (unpaired) electrons. The quantitative estimate of drug-likeness (QED) is 0.474. The lowest BCUT2D eigenvalue weighted by atomic mass is 10.1. The topological polar surface area (TPSA) is 87.9 Å². The highest BCUT2D eigenvalue weighted by Gasteiger charge is 2.22. The number of aromatic nitrogens is 1. The van der Waals surface area contributed by atoms with E-state index in [1.165, 1.54) is 7.11 Å². The predicted octanol–water partition coefficient (Wildman–Crippen LogP) is 3.40. The van der Waals surface area contributed by atoms with Crippen LogP contribution in [0, 0.1) is 0 Å². The van der Waals surface area contributed by atoms with Crippen LogP contribution in [0.4, 0.5) is 0 Å². The minimum absolute atomic E-state index is 0.0653. The Hall–Kier alpha value is -3.35. The van der Waals surface area contributed by atoms with Crippen molar-refractivity contribution in [3.63, 3.8) is 0 Å². The number of methoxy groups -OCH3 is 1. The molecule has 3 rings (SSSR count). The van der Waals surface area contributed by atoms with E-state index >= 15 is 0 Å². The second kappa shape index (κ2) is 7.69. The highest BCUT2D eigenvalue weighted by atomic mass is 16.5. The van der Waals surface area contributed by atoms with Crippen LogP contribution in [-0.4, -0.2) is 31.0 Å². The Labute approximate surface area is 149 Å². The van der Waals surface area contributed by atoms with Crippen LogP contribution in [0.1, 0.15) is 33.4 Å². The summed E-state index contributed by atoms with van der Waals surface area (Å²) in [5.74, 6) is 0.309. The third kappa shape index (κ3) is 3.37. The van der Waals surface area contributed by atoms with Crippen molar-refractivity contribution in [2.75, 3.05) is 13.7 Å². The average molecular weight is 355 g/mol. The zero-order valence-corrected chi connectivity index (χ0v) is 14.4. The number of hydrogen-bond acceptors (Lipinski definition) is 7. The predicted molar refractivity (Wildman–Crippen MR) is 92.7 cm³/mol. The van der Waals surface area contributed by atoms with E-state index in [4.69, 9.17) is 18.6 Å². The number of carbonyl (C=O) groups excluding carboxylic acids is 2. The third-order valence-electron chi connectivity index (χ3n) is 3.71. The molecule has 1 aromatic carbocycles. The van der Waals surface area contributed by atoms with Crippen LogP contribution in [0.2, 0.25) is 0 Å². The zero-order valence-electron chi connectivity index (χ0n) is 14.4. The summed E-state index contributed by atoms with van der Waals surface area (Å²) in [6, 6.07) is 8.60. The summed E-state index contributed by atoms with van der Waals surface area (Å²) in [6.07, 6.45) is 2.12. The normalized spacial score (nSPS) is 10.5. The van der Waals surface area contributed by atoms with E-state index in [-0.39, 0.29) is 24.5 Å². The Kier molecular flexibility index (Phi) is 5.17. The number of ether oxygens (including phenoxy) is 3. The highest BCUT2D eigenvalue weighted by molar-refractivity contribution is 6.09. The molecule has 0 bridgehead atoms. The number of furan rings is 1. The van der Waals surface area contributed by atoms with Gasteiger partial charge in [-0.3, -0.25) is 4.79 Å². The summed E-state index contributed by atoms with van der Waals surface area (Å²) in [5, 5.41) is 0.459. The van der Waals surface area contributed by atoms with E-state index in [0.29, 0.717) is 28.9 Å². The van der Waals surface area contributed by atoms with Gasteiger partial charge < -0.3 is 18.6 Å². The molecule has 134 valence electrons. The lowest BCUT2D eigenvalue weighted by Crippen LogP contribution is -2.06. The van der Waals surface area contributed by atoms with Crippen LogP contribution in [0.15, 0.2) is 40.9 Å². The van der Waals surface area contributed by atoms with Gasteiger partial charge in [-0.15, -0.1) is 0 Å². The van der Waals surface area contributed by atoms with Crippen LogP contribution in [0.3, 0.4) is 0 Å². The SMILES string of the molecule is CCOC(=O)c1c(C=O)oc2ccc(OCc3cccnc3OC)cc12. The van der Waals surface area contributed by atoms with Gasteiger partial charge in [0.2, 0.25) is 5.88 Å². The molecule has 0 aliphatic rings. The number of hydrogen-bond donors (Lipinski definition) is 0. The van der Waals surface area contributed by atoms with Crippen molar-refractivity contribution in [2.24, 2.45) is 0 Å². The summed E-state index contributed by atoms with van der Waals surface area (Å²) >= 11 is 0. The molecule has 0 atom stereocenters. The van der Waals surface area contributed by atoms with E-state index in [2.05, 4.69) is 4.98 Å². The lowest BCUT2D eigenvalue weighted by molar-refractivity contribution is 0.0525. The fourth-order valence-electron chi connectivity index (χ4n) is 2.56. The van der Waals surface area contributed by atoms with Crippen molar-refractivity contribution >= 4 is 23.2 Å². The largest absolute Gasteiger partial charge is 0.489 e. The van der Waals surface area contributed by atoms with Gasteiger partial charge in [-0.1, -0.05) is 0 Å². The molecular formula is C19H17NO6. The molecule has 0 unspecified atom stereocenters. The van der Waals surface area contributed by atoms with E-state index in [1.807, 2.05) is 6.07 Å². The molecule has 2 aromatic heterocycles. The molecule has 0 fully saturated rings. The minimum Gasteiger partial charge on any atom is -0.489 e. The second-order valence-corrected chi connectivity index (χ2v) is 5.30. The van der Waals surface area contributed by atoms with Crippen LogP contribution in [0.5, 0.6) is 11.6 Å². The molecule has 0 N–H and O–H groups in total. The molecule has 0 aliphatic carbocycles. The van der Waals surface area contributed by atoms with Crippen LogP contribution in [0.25, 0.3) is 11.0 Å². The molecule has 0 amide bonds. The summed E-state index contributed by atoms with van der Waals surface area (Å²) in [4.78, 5) is 27.5. The molecule has 2 heterocycles. The first-order chi connectivity index (χ1) is 12.7. The fourth-order valence-corrected chi connectivity index (χ4v) is 2.56. The number of esters is 1. The fraction of sp³-hybridized carbons (Fsp3) is 0.211. The summed E-state index contributed by atoms with van der Waals surface area (Å²) < 4.78 is 21.4. The summed E-state index contributed by atoms with van der Waals surface area (Å²) in [5.41, 5.74) is 1.28. The van der Waals surface area contributed by atoms with Crippen molar-refractivity contribution in [1.82, 2.24) is 4.98 Å². The first kappa shape index (κ1) is 17.5. The summed E-state index contributed by atoms with van der Waals surface area (Å²) in [6.45, 7) is 2.12. The molecule has 0 spiro atoms. The Morgan fingerprint density at radius 1 is 1.31 bits per heavy atom. The zero-order chi connectivity index (χ0) is 18.5. The van der Waals surface area contributed by atoms with Gasteiger partial charge in [-0.2, -0.15) is 0 Å². The Balaban J connectivity index is 1.92. The summed E-state index contributed by atoms with van der Waals surface area (Å²) in [7, 11) is 1.54. The van der Waals surface area contributed by atoms with E-state index in [9.17, 15) is 9.59 Å². The van der Waals surface area contributed by atoms with Gasteiger partial charge in [-0.25, -0.2) is 9.78 Å².